The summed E-state index contributed by atoms with van der Waals surface area (Å²) in [5.41, 5.74) is 2.27. The molecule has 0 heterocycles. The number of hydrogen-bond acceptors (Lipinski definition) is 0. The zero-order valence-electron chi connectivity index (χ0n) is 17.7. The molecular weight excluding hydrogens is 388 g/mol. The smallest absolute Gasteiger partial charge is 0.167 e. The summed E-state index contributed by atoms with van der Waals surface area (Å²) in [6.07, 6.45) is 9.34. The van der Waals surface area contributed by atoms with E-state index in [1.807, 2.05) is 0 Å². The van der Waals surface area contributed by atoms with E-state index >= 15 is 0 Å². The third kappa shape index (κ3) is 3.78. The van der Waals surface area contributed by atoms with Crippen molar-refractivity contribution in [1.82, 2.24) is 0 Å². The van der Waals surface area contributed by atoms with Gasteiger partial charge in [-0.1, -0.05) is 44.7 Å². The predicted octanol–water partition coefficient (Wildman–Crippen LogP) is 8.51. The number of halogens is 4. The molecule has 1 fully saturated rings. The maximum Gasteiger partial charge on any atom is 0.167 e. The molecule has 2 aliphatic carbocycles. The highest BCUT2D eigenvalue weighted by atomic mass is 19.2. The highest BCUT2D eigenvalue weighted by molar-refractivity contribution is 6.03. The first kappa shape index (κ1) is 21.4. The van der Waals surface area contributed by atoms with Crippen molar-refractivity contribution in [3.63, 3.8) is 0 Å². The number of aryl methyl sites for hydroxylation is 1. The van der Waals surface area contributed by atoms with E-state index < -0.39 is 24.1 Å². The Morgan fingerprint density at radius 1 is 0.833 bits per heavy atom. The van der Waals surface area contributed by atoms with E-state index in [0.717, 1.165) is 25.7 Å². The zero-order chi connectivity index (χ0) is 21.3. The summed E-state index contributed by atoms with van der Waals surface area (Å²) in [6, 6.07) is 5.16. The molecule has 0 aromatic heterocycles. The van der Waals surface area contributed by atoms with Crippen LogP contribution < -0.4 is 0 Å². The Hall–Kier alpha value is -1.84. The van der Waals surface area contributed by atoms with Crippen molar-refractivity contribution in [3.05, 3.63) is 46.8 Å². The summed E-state index contributed by atoms with van der Waals surface area (Å²) in [5.74, 6) is -1.55. The van der Waals surface area contributed by atoms with E-state index in [1.54, 1.807) is 18.2 Å². The Kier molecular flexibility index (Phi) is 6.50. The highest BCUT2D eigenvalue weighted by Gasteiger charge is 2.35. The Morgan fingerprint density at radius 3 is 2.27 bits per heavy atom. The lowest BCUT2D eigenvalue weighted by atomic mass is 9.73. The molecule has 2 aromatic rings. The lowest BCUT2D eigenvalue weighted by Gasteiger charge is -2.32. The van der Waals surface area contributed by atoms with Crippen molar-refractivity contribution in [2.45, 2.75) is 77.0 Å². The van der Waals surface area contributed by atoms with Crippen LogP contribution in [-0.2, 0) is 6.42 Å². The molecule has 30 heavy (non-hydrogen) atoms. The summed E-state index contributed by atoms with van der Waals surface area (Å²) in [7, 11) is 0. The molecule has 1 saturated carbocycles. The van der Waals surface area contributed by atoms with Gasteiger partial charge in [-0.3, -0.25) is 4.39 Å². The average molecular weight is 419 g/mol. The van der Waals surface area contributed by atoms with Crippen LogP contribution in [0.4, 0.5) is 17.6 Å². The van der Waals surface area contributed by atoms with E-state index in [0.29, 0.717) is 28.2 Å². The average Bonchev–Trinajstić information content (AvgIpc) is 2.74. The van der Waals surface area contributed by atoms with Crippen LogP contribution in [-0.4, -0.2) is 6.67 Å². The number of unbranched alkanes of at least 4 members (excludes halogenated alkanes) is 2. The highest BCUT2D eigenvalue weighted by Crippen LogP contribution is 2.53. The summed E-state index contributed by atoms with van der Waals surface area (Å²) in [5, 5.41) is 0. The van der Waals surface area contributed by atoms with Gasteiger partial charge in [-0.15, -0.1) is 0 Å². The van der Waals surface area contributed by atoms with Crippen LogP contribution in [0, 0.1) is 23.4 Å². The minimum atomic E-state index is -0.929. The Balaban J connectivity index is 1.54. The molecule has 0 radical (unpaired) electrons. The second kappa shape index (κ2) is 9.11. The van der Waals surface area contributed by atoms with Crippen LogP contribution in [0.15, 0.2) is 18.2 Å². The summed E-state index contributed by atoms with van der Waals surface area (Å²) in [6.45, 7) is 1.68. The molecule has 2 aromatic carbocycles. The Bertz CT molecular complexity index is 910. The topological polar surface area (TPSA) is 0 Å². The van der Waals surface area contributed by atoms with E-state index in [-0.39, 0.29) is 29.9 Å². The van der Waals surface area contributed by atoms with E-state index in [4.69, 9.17) is 0 Å². The largest absolute Gasteiger partial charge is 0.251 e. The van der Waals surface area contributed by atoms with Gasteiger partial charge < -0.3 is 0 Å². The van der Waals surface area contributed by atoms with Gasteiger partial charge in [0.05, 0.1) is 6.67 Å². The maximum atomic E-state index is 15.0. The van der Waals surface area contributed by atoms with Crippen LogP contribution in [0.1, 0.15) is 81.8 Å². The molecule has 2 aliphatic rings. The van der Waals surface area contributed by atoms with Gasteiger partial charge in [-0.25, -0.2) is 13.2 Å². The first-order valence-corrected chi connectivity index (χ1v) is 11.5. The van der Waals surface area contributed by atoms with E-state index in [9.17, 15) is 17.6 Å². The molecular formula is C26H30F4. The SMILES string of the molecule is CCCCCC1CCC(c2cc3c(c(F)c2F)-c2c-3ccc(CCCF)c2F)CC1. The molecule has 0 N–H and O–H groups in total. The fraction of sp³-hybridized carbons (Fsp3) is 0.538. The summed E-state index contributed by atoms with van der Waals surface area (Å²) in [4.78, 5) is 0. The van der Waals surface area contributed by atoms with Crippen LogP contribution >= 0.6 is 0 Å². The Labute approximate surface area is 176 Å². The molecule has 0 nitrogen and oxygen atoms in total. The second-order valence-electron chi connectivity index (χ2n) is 8.98. The lowest BCUT2D eigenvalue weighted by molar-refractivity contribution is 0.298. The Morgan fingerprint density at radius 2 is 1.57 bits per heavy atom. The predicted molar refractivity (Wildman–Crippen MR) is 114 cm³/mol. The normalized spacial score (nSPS) is 19.9. The number of fused-ring (bicyclic) bond motifs is 4. The van der Waals surface area contributed by atoms with Gasteiger partial charge in [0.2, 0.25) is 0 Å². The van der Waals surface area contributed by atoms with Crippen molar-refractivity contribution in [2.75, 3.05) is 6.67 Å². The fourth-order valence-corrected chi connectivity index (χ4v) is 5.32. The quantitative estimate of drug-likeness (QED) is 0.254. The van der Waals surface area contributed by atoms with Gasteiger partial charge in [0.1, 0.15) is 5.82 Å². The molecule has 0 amide bonds. The first-order valence-electron chi connectivity index (χ1n) is 11.5. The van der Waals surface area contributed by atoms with Gasteiger partial charge in [-0.05, 0) is 78.7 Å². The van der Waals surface area contributed by atoms with Crippen molar-refractivity contribution in [3.8, 4) is 22.3 Å². The minimum absolute atomic E-state index is 0.0324. The third-order valence-electron chi connectivity index (χ3n) is 7.08. The summed E-state index contributed by atoms with van der Waals surface area (Å²) >= 11 is 0. The lowest BCUT2D eigenvalue weighted by Crippen LogP contribution is -2.17. The first-order chi connectivity index (χ1) is 14.6. The monoisotopic (exact) mass is 418 g/mol. The molecule has 0 saturated heterocycles. The molecule has 0 unspecified atom stereocenters. The molecule has 0 bridgehead atoms. The number of rotatable bonds is 8. The van der Waals surface area contributed by atoms with Crippen molar-refractivity contribution >= 4 is 0 Å². The van der Waals surface area contributed by atoms with Crippen molar-refractivity contribution in [2.24, 2.45) is 5.92 Å². The number of alkyl halides is 1. The molecule has 4 heteroatoms. The number of benzene rings is 2. The van der Waals surface area contributed by atoms with E-state index in [1.165, 1.54) is 25.7 Å². The molecule has 0 atom stereocenters. The molecule has 0 spiro atoms. The second-order valence-corrected chi connectivity index (χ2v) is 8.98. The van der Waals surface area contributed by atoms with Gasteiger partial charge >= 0.3 is 0 Å². The molecule has 0 aliphatic heterocycles. The van der Waals surface area contributed by atoms with Crippen LogP contribution in [0.3, 0.4) is 0 Å². The van der Waals surface area contributed by atoms with Gasteiger partial charge in [0.25, 0.3) is 0 Å². The maximum absolute atomic E-state index is 15.0. The van der Waals surface area contributed by atoms with Gasteiger partial charge in [0.15, 0.2) is 11.6 Å². The van der Waals surface area contributed by atoms with Crippen molar-refractivity contribution < 1.29 is 17.6 Å². The van der Waals surface area contributed by atoms with Gasteiger partial charge in [-0.2, -0.15) is 0 Å². The summed E-state index contributed by atoms with van der Waals surface area (Å²) < 4.78 is 57.3. The van der Waals surface area contributed by atoms with E-state index in [2.05, 4.69) is 6.92 Å². The zero-order valence-corrected chi connectivity index (χ0v) is 17.7. The van der Waals surface area contributed by atoms with Crippen LogP contribution in [0.25, 0.3) is 22.3 Å². The van der Waals surface area contributed by atoms with Crippen LogP contribution in [0.5, 0.6) is 0 Å². The molecule has 4 rings (SSSR count). The van der Waals surface area contributed by atoms with Gasteiger partial charge in [0, 0.05) is 11.1 Å². The fourth-order valence-electron chi connectivity index (χ4n) is 5.32. The van der Waals surface area contributed by atoms with Crippen molar-refractivity contribution in [1.29, 1.82) is 0 Å². The standard InChI is InChI=1S/C26H30F4/c1-2-3-4-6-16-8-10-17(11-9-16)20-15-21-19-13-12-18(7-5-14-27)24(28)22(19)23(21)26(30)25(20)29/h12-13,15-17H,2-11,14H2,1H3. The third-order valence-corrected chi connectivity index (χ3v) is 7.08. The number of hydrogen-bond donors (Lipinski definition) is 0. The van der Waals surface area contributed by atoms with Crippen LogP contribution in [0.2, 0.25) is 0 Å². The minimum Gasteiger partial charge on any atom is -0.251 e. The molecule has 162 valence electrons.